The second-order valence-corrected chi connectivity index (χ2v) is 4.24. The summed E-state index contributed by atoms with van der Waals surface area (Å²) in [5.74, 6) is 0.210. The van der Waals surface area contributed by atoms with Gasteiger partial charge in [-0.25, -0.2) is 4.79 Å². The minimum Gasteiger partial charge on any atom is -0.496 e. The molecule has 90 valence electrons. The first-order valence-corrected chi connectivity index (χ1v) is 5.26. The fourth-order valence-electron chi connectivity index (χ4n) is 1.95. The summed E-state index contributed by atoms with van der Waals surface area (Å²) in [4.78, 5) is 23.1. The lowest BCUT2D eigenvalue weighted by atomic mass is 9.90. The van der Waals surface area contributed by atoms with E-state index in [1.165, 1.54) is 7.11 Å². The number of hydrogen-bond donors (Lipinski definition) is 2. The third-order valence-electron chi connectivity index (χ3n) is 2.94. The molecule has 1 atom stereocenters. The van der Waals surface area contributed by atoms with Crippen LogP contribution in [0.1, 0.15) is 18.1 Å². The highest BCUT2D eigenvalue weighted by Gasteiger charge is 2.45. The van der Waals surface area contributed by atoms with Gasteiger partial charge in [-0.05, 0) is 26.0 Å². The van der Waals surface area contributed by atoms with E-state index in [-0.39, 0.29) is 5.91 Å². The first kappa shape index (κ1) is 11.4. The number of amides is 3. The molecule has 0 unspecified atom stereocenters. The summed E-state index contributed by atoms with van der Waals surface area (Å²) in [7, 11) is 1.53. The predicted molar refractivity (Wildman–Crippen MR) is 61.8 cm³/mol. The summed E-state index contributed by atoms with van der Waals surface area (Å²) in [5, 5.41) is 4.85. The maximum absolute atomic E-state index is 11.8. The van der Waals surface area contributed by atoms with E-state index < -0.39 is 11.6 Å². The van der Waals surface area contributed by atoms with Crippen molar-refractivity contribution in [1.29, 1.82) is 0 Å². The summed E-state index contributed by atoms with van der Waals surface area (Å²) < 4.78 is 5.23. The van der Waals surface area contributed by atoms with Gasteiger partial charge in [0.15, 0.2) is 0 Å². The molecule has 1 aliphatic heterocycles. The van der Waals surface area contributed by atoms with Crippen LogP contribution in [0, 0.1) is 6.92 Å². The Balaban J connectivity index is 2.56. The molecular weight excluding hydrogens is 220 g/mol. The van der Waals surface area contributed by atoms with E-state index >= 15 is 0 Å². The number of hydrogen-bond acceptors (Lipinski definition) is 3. The molecular formula is C12H14N2O3. The van der Waals surface area contributed by atoms with Gasteiger partial charge in [0.2, 0.25) is 0 Å². The molecule has 1 aromatic carbocycles. The van der Waals surface area contributed by atoms with E-state index in [1.807, 2.05) is 19.1 Å². The summed E-state index contributed by atoms with van der Waals surface area (Å²) >= 11 is 0. The predicted octanol–water partition coefficient (Wildman–Crippen LogP) is 1.06. The van der Waals surface area contributed by atoms with Crippen LogP contribution in [0.2, 0.25) is 0 Å². The van der Waals surface area contributed by atoms with Crippen molar-refractivity contribution in [3.05, 3.63) is 29.3 Å². The summed E-state index contributed by atoms with van der Waals surface area (Å²) in [6, 6.07) is 5.03. The minimum atomic E-state index is -1.07. The Morgan fingerprint density at radius 3 is 2.53 bits per heavy atom. The molecule has 2 N–H and O–H groups in total. The standard InChI is InChI=1S/C12H14N2O3/c1-7-4-5-9(17-3)8(6-7)12(2)10(15)13-11(16)14-12/h4-6H,1-3H3,(H2,13,14,15,16)/t12-/m1/s1. The molecule has 0 radical (unpaired) electrons. The number of urea groups is 1. The van der Waals surface area contributed by atoms with Crippen molar-refractivity contribution in [3.8, 4) is 5.75 Å². The van der Waals surface area contributed by atoms with Gasteiger partial charge in [-0.2, -0.15) is 0 Å². The van der Waals surface area contributed by atoms with Crippen molar-refractivity contribution in [2.45, 2.75) is 19.4 Å². The molecule has 0 aromatic heterocycles. The highest BCUT2D eigenvalue weighted by molar-refractivity contribution is 6.07. The Morgan fingerprint density at radius 1 is 1.29 bits per heavy atom. The molecule has 0 aliphatic carbocycles. The number of aryl methyl sites for hydroxylation is 1. The van der Waals surface area contributed by atoms with Gasteiger partial charge in [0.1, 0.15) is 11.3 Å². The topological polar surface area (TPSA) is 67.4 Å². The van der Waals surface area contributed by atoms with Gasteiger partial charge in [0, 0.05) is 5.56 Å². The third-order valence-corrected chi connectivity index (χ3v) is 2.94. The number of nitrogens with one attached hydrogen (secondary N) is 2. The van der Waals surface area contributed by atoms with Gasteiger partial charge in [-0.1, -0.05) is 11.6 Å². The smallest absolute Gasteiger partial charge is 0.322 e. The Labute approximate surface area is 99.2 Å². The zero-order chi connectivity index (χ0) is 12.6. The minimum absolute atomic E-state index is 0.369. The SMILES string of the molecule is COc1ccc(C)cc1[C@@]1(C)NC(=O)NC1=O. The van der Waals surface area contributed by atoms with Crippen LogP contribution < -0.4 is 15.4 Å². The van der Waals surface area contributed by atoms with Crippen LogP contribution in [0.4, 0.5) is 4.79 Å². The number of rotatable bonds is 2. The lowest BCUT2D eigenvalue weighted by Gasteiger charge is -2.23. The second-order valence-electron chi connectivity index (χ2n) is 4.24. The zero-order valence-electron chi connectivity index (χ0n) is 9.96. The van der Waals surface area contributed by atoms with Crippen molar-refractivity contribution in [3.63, 3.8) is 0 Å². The first-order chi connectivity index (χ1) is 7.97. The van der Waals surface area contributed by atoms with Gasteiger partial charge in [0.25, 0.3) is 5.91 Å². The fourth-order valence-corrected chi connectivity index (χ4v) is 1.95. The van der Waals surface area contributed by atoms with Crippen LogP contribution in [0.15, 0.2) is 18.2 Å². The Morgan fingerprint density at radius 2 is 2.00 bits per heavy atom. The molecule has 1 aliphatic rings. The lowest BCUT2D eigenvalue weighted by Crippen LogP contribution is -2.40. The maximum atomic E-state index is 11.8. The first-order valence-electron chi connectivity index (χ1n) is 5.26. The third kappa shape index (κ3) is 1.73. The van der Waals surface area contributed by atoms with E-state index in [1.54, 1.807) is 13.0 Å². The van der Waals surface area contributed by atoms with Crippen molar-refractivity contribution < 1.29 is 14.3 Å². The molecule has 1 aromatic rings. The van der Waals surface area contributed by atoms with Crippen molar-refractivity contribution >= 4 is 11.9 Å². The van der Waals surface area contributed by atoms with Crippen molar-refractivity contribution in [2.24, 2.45) is 0 Å². The van der Waals surface area contributed by atoms with Crippen LogP contribution in [0.25, 0.3) is 0 Å². The molecule has 5 heteroatoms. The van der Waals surface area contributed by atoms with Crippen molar-refractivity contribution in [1.82, 2.24) is 10.6 Å². The number of ether oxygens (including phenoxy) is 1. The van der Waals surface area contributed by atoms with E-state index in [0.29, 0.717) is 11.3 Å². The van der Waals surface area contributed by atoms with E-state index in [9.17, 15) is 9.59 Å². The van der Waals surface area contributed by atoms with Gasteiger partial charge in [-0.15, -0.1) is 0 Å². The Hall–Kier alpha value is -2.04. The van der Waals surface area contributed by atoms with Crippen LogP contribution >= 0.6 is 0 Å². The fraction of sp³-hybridized carbons (Fsp3) is 0.333. The van der Waals surface area contributed by atoms with Gasteiger partial charge in [-0.3, -0.25) is 10.1 Å². The molecule has 0 bridgehead atoms. The van der Waals surface area contributed by atoms with Crippen molar-refractivity contribution in [2.75, 3.05) is 7.11 Å². The molecule has 1 fully saturated rings. The largest absolute Gasteiger partial charge is 0.496 e. The molecule has 2 rings (SSSR count). The molecule has 3 amide bonds. The normalized spacial score (nSPS) is 23.2. The Bertz CT molecular complexity index is 499. The molecule has 5 nitrogen and oxygen atoms in total. The average Bonchev–Trinajstić information content (AvgIpc) is 2.53. The van der Waals surface area contributed by atoms with Crippen LogP contribution in [-0.2, 0) is 10.3 Å². The number of methoxy groups -OCH3 is 1. The van der Waals surface area contributed by atoms with Gasteiger partial charge in [0.05, 0.1) is 7.11 Å². The van der Waals surface area contributed by atoms with E-state index in [0.717, 1.165) is 5.56 Å². The summed E-state index contributed by atoms with van der Waals surface area (Å²) in [5.41, 5.74) is 0.577. The van der Waals surface area contributed by atoms with E-state index in [2.05, 4.69) is 10.6 Å². The second kappa shape index (κ2) is 3.76. The van der Waals surface area contributed by atoms with Gasteiger partial charge < -0.3 is 10.1 Å². The number of imide groups is 1. The van der Waals surface area contributed by atoms with E-state index in [4.69, 9.17) is 4.74 Å². The summed E-state index contributed by atoms with van der Waals surface area (Å²) in [6.45, 7) is 3.57. The molecule has 17 heavy (non-hydrogen) atoms. The van der Waals surface area contributed by atoms with Crippen LogP contribution in [-0.4, -0.2) is 19.0 Å². The summed E-state index contributed by atoms with van der Waals surface area (Å²) in [6.07, 6.45) is 0. The molecule has 0 saturated carbocycles. The molecule has 0 spiro atoms. The number of benzene rings is 1. The van der Waals surface area contributed by atoms with Crippen LogP contribution in [0.3, 0.4) is 0 Å². The zero-order valence-corrected chi connectivity index (χ0v) is 9.96. The number of carbonyl (C=O) groups is 2. The Kier molecular flexibility index (Phi) is 2.53. The number of carbonyl (C=O) groups excluding carboxylic acids is 2. The monoisotopic (exact) mass is 234 g/mol. The van der Waals surface area contributed by atoms with Crippen LogP contribution in [0.5, 0.6) is 5.75 Å². The lowest BCUT2D eigenvalue weighted by molar-refractivity contribution is -0.123. The molecule has 1 saturated heterocycles. The maximum Gasteiger partial charge on any atom is 0.322 e. The average molecular weight is 234 g/mol. The van der Waals surface area contributed by atoms with Gasteiger partial charge >= 0.3 is 6.03 Å². The molecule has 1 heterocycles. The highest BCUT2D eigenvalue weighted by atomic mass is 16.5. The highest BCUT2D eigenvalue weighted by Crippen LogP contribution is 2.32. The quantitative estimate of drug-likeness (QED) is 0.752.